The van der Waals surface area contributed by atoms with Gasteiger partial charge >= 0.3 is 5.97 Å². The Bertz CT molecular complexity index is 441. The van der Waals surface area contributed by atoms with Crippen molar-refractivity contribution in [3.63, 3.8) is 0 Å². The number of carboxylic acids is 1. The molecule has 0 amide bonds. The molecule has 18 heavy (non-hydrogen) atoms. The van der Waals surface area contributed by atoms with E-state index >= 15 is 0 Å². The SMILES string of the molecule is Cc1cc(C(=O)O)ccc1NCCN(C)C1CC1. The first kappa shape index (κ1) is 12.9. The highest BCUT2D eigenvalue weighted by Crippen LogP contribution is 2.24. The van der Waals surface area contributed by atoms with Gasteiger partial charge in [-0.2, -0.15) is 0 Å². The van der Waals surface area contributed by atoms with E-state index in [-0.39, 0.29) is 0 Å². The number of hydrogen-bond acceptors (Lipinski definition) is 3. The van der Waals surface area contributed by atoms with E-state index in [1.54, 1.807) is 12.1 Å². The first-order valence-electron chi connectivity index (χ1n) is 6.36. The van der Waals surface area contributed by atoms with E-state index in [0.29, 0.717) is 5.56 Å². The van der Waals surface area contributed by atoms with Gasteiger partial charge in [-0.25, -0.2) is 4.79 Å². The van der Waals surface area contributed by atoms with Crippen molar-refractivity contribution < 1.29 is 9.90 Å². The summed E-state index contributed by atoms with van der Waals surface area (Å²) >= 11 is 0. The zero-order valence-electron chi connectivity index (χ0n) is 10.9. The minimum Gasteiger partial charge on any atom is -0.478 e. The van der Waals surface area contributed by atoms with E-state index in [1.807, 2.05) is 13.0 Å². The van der Waals surface area contributed by atoms with Crippen LogP contribution < -0.4 is 5.32 Å². The Hall–Kier alpha value is -1.55. The minimum absolute atomic E-state index is 0.341. The molecule has 0 atom stereocenters. The molecule has 1 aliphatic rings. The molecule has 2 rings (SSSR count). The van der Waals surface area contributed by atoms with Gasteiger partial charge in [0.1, 0.15) is 0 Å². The van der Waals surface area contributed by atoms with Crippen LogP contribution in [0.25, 0.3) is 0 Å². The highest BCUT2D eigenvalue weighted by molar-refractivity contribution is 5.88. The molecule has 0 bridgehead atoms. The molecule has 1 saturated carbocycles. The number of hydrogen-bond donors (Lipinski definition) is 2. The molecule has 1 aromatic rings. The number of rotatable bonds is 6. The fourth-order valence-corrected chi connectivity index (χ4v) is 2.06. The summed E-state index contributed by atoms with van der Waals surface area (Å²) in [6.45, 7) is 3.84. The van der Waals surface area contributed by atoms with Crippen molar-refractivity contribution in [3.05, 3.63) is 29.3 Å². The number of aryl methyl sites for hydroxylation is 1. The van der Waals surface area contributed by atoms with Crippen molar-refractivity contribution in [1.82, 2.24) is 4.90 Å². The lowest BCUT2D eigenvalue weighted by molar-refractivity contribution is 0.0697. The van der Waals surface area contributed by atoms with E-state index in [2.05, 4.69) is 17.3 Å². The summed E-state index contributed by atoms with van der Waals surface area (Å²) in [5.41, 5.74) is 2.33. The third kappa shape index (κ3) is 3.23. The number of nitrogens with one attached hydrogen (secondary N) is 1. The van der Waals surface area contributed by atoms with Gasteiger partial charge in [-0.15, -0.1) is 0 Å². The molecular formula is C14H20N2O2. The lowest BCUT2D eigenvalue weighted by Crippen LogP contribution is -2.27. The van der Waals surface area contributed by atoms with Crippen molar-refractivity contribution >= 4 is 11.7 Å². The van der Waals surface area contributed by atoms with Crippen LogP contribution in [0.2, 0.25) is 0 Å². The summed E-state index contributed by atoms with van der Waals surface area (Å²) in [6, 6.07) is 5.97. The van der Waals surface area contributed by atoms with Crippen LogP contribution in [0, 0.1) is 6.92 Å². The van der Waals surface area contributed by atoms with E-state index in [9.17, 15) is 4.79 Å². The van der Waals surface area contributed by atoms with Gasteiger partial charge in [0.05, 0.1) is 5.56 Å². The maximum Gasteiger partial charge on any atom is 0.335 e. The maximum absolute atomic E-state index is 10.8. The molecule has 0 radical (unpaired) electrons. The van der Waals surface area contributed by atoms with Crippen molar-refractivity contribution in [2.45, 2.75) is 25.8 Å². The number of carbonyl (C=O) groups is 1. The summed E-state index contributed by atoms with van der Waals surface area (Å²) < 4.78 is 0. The predicted octanol–water partition coefficient (Wildman–Crippen LogP) is 2.20. The van der Waals surface area contributed by atoms with Crippen LogP contribution in [0.4, 0.5) is 5.69 Å². The molecule has 0 unspecified atom stereocenters. The second-order valence-electron chi connectivity index (χ2n) is 4.97. The molecule has 0 aromatic heterocycles. The monoisotopic (exact) mass is 248 g/mol. The molecule has 1 fully saturated rings. The Morgan fingerprint density at radius 3 is 2.78 bits per heavy atom. The van der Waals surface area contributed by atoms with Crippen LogP contribution in [0.1, 0.15) is 28.8 Å². The third-order valence-electron chi connectivity index (χ3n) is 3.42. The first-order valence-corrected chi connectivity index (χ1v) is 6.36. The van der Waals surface area contributed by atoms with Gasteiger partial charge in [0.2, 0.25) is 0 Å². The average Bonchev–Trinajstić information content (AvgIpc) is 3.14. The highest BCUT2D eigenvalue weighted by atomic mass is 16.4. The zero-order chi connectivity index (χ0) is 13.1. The quantitative estimate of drug-likeness (QED) is 0.810. The van der Waals surface area contributed by atoms with Gasteiger partial charge in [0.15, 0.2) is 0 Å². The van der Waals surface area contributed by atoms with Gasteiger partial charge in [-0.1, -0.05) is 0 Å². The van der Waals surface area contributed by atoms with Gasteiger partial charge in [0.25, 0.3) is 0 Å². The molecular weight excluding hydrogens is 228 g/mol. The van der Waals surface area contributed by atoms with Crippen molar-refractivity contribution in [1.29, 1.82) is 0 Å². The second kappa shape index (κ2) is 5.40. The van der Waals surface area contributed by atoms with Crippen LogP contribution in [0.5, 0.6) is 0 Å². The highest BCUT2D eigenvalue weighted by Gasteiger charge is 2.25. The fourth-order valence-electron chi connectivity index (χ4n) is 2.06. The maximum atomic E-state index is 10.8. The van der Waals surface area contributed by atoms with Crippen LogP contribution in [0.15, 0.2) is 18.2 Å². The molecule has 0 heterocycles. The van der Waals surface area contributed by atoms with E-state index in [1.165, 1.54) is 12.8 Å². The molecule has 0 spiro atoms. The second-order valence-corrected chi connectivity index (χ2v) is 4.97. The molecule has 0 aliphatic heterocycles. The summed E-state index contributed by atoms with van der Waals surface area (Å²) in [5, 5.41) is 12.2. The molecule has 4 heteroatoms. The molecule has 4 nitrogen and oxygen atoms in total. The lowest BCUT2D eigenvalue weighted by atomic mass is 10.1. The molecule has 1 aliphatic carbocycles. The summed E-state index contributed by atoms with van der Waals surface area (Å²) in [6.07, 6.45) is 2.64. The summed E-state index contributed by atoms with van der Waals surface area (Å²) in [7, 11) is 2.15. The Morgan fingerprint density at radius 1 is 1.50 bits per heavy atom. The summed E-state index contributed by atoms with van der Waals surface area (Å²) in [4.78, 5) is 13.2. The largest absolute Gasteiger partial charge is 0.478 e. The summed E-state index contributed by atoms with van der Waals surface area (Å²) in [5.74, 6) is -0.877. The van der Waals surface area contributed by atoms with E-state index in [4.69, 9.17) is 5.11 Å². The topological polar surface area (TPSA) is 52.6 Å². The molecule has 0 saturated heterocycles. The van der Waals surface area contributed by atoms with Gasteiger partial charge < -0.3 is 15.3 Å². The Balaban J connectivity index is 1.86. The Morgan fingerprint density at radius 2 is 2.22 bits per heavy atom. The smallest absolute Gasteiger partial charge is 0.335 e. The van der Waals surface area contributed by atoms with Gasteiger partial charge in [0, 0.05) is 24.8 Å². The number of nitrogens with zero attached hydrogens (tertiary/aromatic N) is 1. The van der Waals surface area contributed by atoms with Crippen LogP contribution in [-0.4, -0.2) is 42.2 Å². The average molecular weight is 248 g/mol. The number of aromatic carboxylic acids is 1. The van der Waals surface area contributed by atoms with Crippen LogP contribution in [-0.2, 0) is 0 Å². The van der Waals surface area contributed by atoms with Gasteiger partial charge in [-0.3, -0.25) is 0 Å². The molecule has 98 valence electrons. The predicted molar refractivity (Wildman–Crippen MR) is 72.3 cm³/mol. The Labute approximate surface area is 108 Å². The number of carboxylic acid groups (broad SMARTS) is 1. The van der Waals surface area contributed by atoms with E-state index < -0.39 is 5.97 Å². The van der Waals surface area contributed by atoms with Gasteiger partial charge in [-0.05, 0) is 50.6 Å². The fraction of sp³-hybridized carbons (Fsp3) is 0.500. The van der Waals surface area contributed by atoms with Crippen molar-refractivity contribution in [3.8, 4) is 0 Å². The van der Waals surface area contributed by atoms with Crippen LogP contribution >= 0.6 is 0 Å². The normalized spacial score (nSPS) is 14.8. The van der Waals surface area contributed by atoms with Crippen molar-refractivity contribution in [2.24, 2.45) is 0 Å². The lowest BCUT2D eigenvalue weighted by Gasteiger charge is -2.17. The number of likely N-dealkylation sites (N-methyl/N-ethyl adjacent to an activating group) is 1. The Kier molecular flexibility index (Phi) is 3.87. The minimum atomic E-state index is -0.877. The van der Waals surface area contributed by atoms with E-state index in [0.717, 1.165) is 30.4 Å². The number of benzene rings is 1. The third-order valence-corrected chi connectivity index (χ3v) is 3.42. The number of anilines is 1. The van der Waals surface area contributed by atoms with Crippen molar-refractivity contribution in [2.75, 3.05) is 25.5 Å². The molecule has 1 aromatic carbocycles. The molecule has 2 N–H and O–H groups in total. The van der Waals surface area contributed by atoms with Crippen LogP contribution in [0.3, 0.4) is 0 Å². The zero-order valence-corrected chi connectivity index (χ0v) is 10.9. The standard InChI is InChI=1S/C14H20N2O2/c1-10-9-11(14(17)18)3-6-13(10)15-7-8-16(2)12-4-5-12/h3,6,9,12,15H,4-5,7-8H2,1-2H3,(H,17,18). The first-order chi connectivity index (χ1) is 8.58.